The minimum Gasteiger partial charge on any atom is -0.296 e. The van der Waals surface area contributed by atoms with E-state index in [4.69, 9.17) is 0 Å². The highest BCUT2D eigenvalue weighted by atomic mass is 79.9. The fraction of sp³-hybridized carbons (Fsp3) is 0.0833. The minimum atomic E-state index is -2.48. The topological polar surface area (TPSA) is 42.9 Å². The summed E-state index contributed by atoms with van der Waals surface area (Å²) in [7, 11) is 0. The van der Waals surface area contributed by atoms with Gasteiger partial charge in [-0.25, -0.2) is 8.78 Å². The van der Waals surface area contributed by atoms with E-state index in [0.29, 0.717) is 16.5 Å². The summed E-state index contributed by atoms with van der Waals surface area (Å²) in [5, 5.41) is 0. The summed E-state index contributed by atoms with van der Waals surface area (Å²) in [4.78, 5) is 17.3. The summed E-state index contributed by atoms with van der Waals surface area (Å²) < 4.78 is 25.2. The predicted octanol–water partition coefficient (Wildman–Crippen LogP) is 4.06. The molecule has 0 atom stereocenters. The molecule has 2 aromatic heterocycles. The van der Waals surface area contributed by atoms with E-state index < -0.39 is 6.43 Å². The number of alkyl halides is 2. The van der Waals surface area contributed by atoms with E-state index in [1.54, 1.807) is 18.3 Å². The van der Waals surface area contributed by atoms with Crippen molar-refractivity contribution in [3.8, 4) is 0 Å². The van der Waals surface area contributed by atoms with Crippen LogP contribution in [-0.2, 0) is 0 Å². The van der Waals surface area contributed by atoms with Crippen molar-refractivity contribution in [2.24, 2.45) is 0 Å². The Morgan fingerprint density at radius 1 is 1.00 bits per heavy atom. The molecular weight excluding hydrogens is 397 g/mol. The largest absolute Gasteiger partial charge is 0.296 e. The zero-order chi connectivity index (χ0) is 14.3. The number of hydrogen-bond acceptors (Lipinski definition) is 3. The van der Waals surface area contributed by atoms with Crippen LogP contribution in [0.25, 0.3) is 0 Å². The van der Waals surface area contributed by atoms with Gasteiger partial charge in [-0.15, -0.1) is 0 Å². The van der Waals surface area contributed by atoms with E-state index in [2.05, 4.69) is 41.8 Å². The second-order valence-corrected chi connectivity index (χ2v) is 5.05. The number of pyridine rings is 2. The SMILES string of the molecule is FC(F)c1ccc(Br)cn1.O=Cc1ccc(Br)cn1.[B]. The molecule has 3 radical (unpaired) electrons. The minimum absolute atomic E-state index is 0. The van der Waals surface area contributed by atoms with E-state index in [1.165, 1.54) is 18.3 Å². The zero-order valence-corrected chi connectivity index (χ0v) is 13.2. The molecule has 20 heavy (non-hydrogen) atoms. The van der Waals surface area contributed by atoms with Crippen LogP contribution in [0, 0.1) is 0 Å². The third-order valence-electron chi connectivity index (χ3n) is 1.84. The van der Waals surface area contributed by atoms with Crippen LogP contribution in [0.3, 0.4) is 0 Å². The molecule has 0 aliphatic carbocycles. The summed E-state index contributed by atoms with van der Waals surface area (Å²) in [5.74, 6) is 0. The molecule has 0 amide bonds. The van der Waals surface area contributed by atoms with Gasteiger partial charge < -0.3 is 0 Å². The summed E-state index contributed by atoms with van der Waals surface area (Å²) in [6, 6.07) is 6.25. The van der Waals surface area contributed by atoms with Gasteiger partial charge in [0.25, 0.3) is 6.43 Å². The van der Waals surface area contributed by atoms with Crippen LogP contribution >= 0.6 is 31.9 Å². The molecule has 0 aliphatic rings. The van der Waals surface area contributed by atoms with Crippen molar-refractivity contribution < 1.29 is 13.6 Å². The van der Waals surface area contributed by atoms with E-state index in [-0.39, 0.29) is 14.1 Å². The van der Waals surface area contributed by atoms with Crippen LogP contribution in [0.4, 0.5) is 8.78 Å². The van der Waals surface area contributed by atoms with Gasteiger partial charge in [0.15, 0.2) is 6.29 Å². The van der Waals surface area contributed by atoms with Crippen molar-refractivity contribution >= 4 is 46.6 Å². The Labute approximate surface area is 133 Å². The van der Waals surface area contributed by atoms with Crippen LogP contribution in [0.5, 0.6) is 0 Å². The molecule has 0 aromatic carbocycles. The highest BCUT2D eigenvalue weighted by molar-refractivity contribution is 9.10. The van der Waals surface area contributed by atoms with Crippen molar-refractivity contribution in [3.63, 3.8) is 0 Å². The molecule has 8 heteroatoms. The maximum absolute atomic E-state index is 11.8. The number of hydrogen-bond donors (Lipinski definition) is 0. The van der Waals surface area contributed by atoms with Crippen LogP contribution in [0.2, 0.25) is 0 Å². The van der Waals surface area contributed by atoms with E-state index >= 15 is 0 Å². The lowest BCUT2D eigenvalue weighted by atomic mass is 10.4. The Kier molecular flexibility index (Phi) is 9.15. The van der Waals surface area contributed by atoms with Gasteiger partial charge in [-0.3, -0.25) is 14.8 Å². The van der Waals surface area contributed by atoms with Crippen LogP contribution in [-0.4, -0.2) is 24.7 Å². The fourth-order valence-corrected chi connectivity index (χ4v) is 1.44. The van der Waals surface area contributed by atoms with Gasteiger partial charge >= 0.3 is 0 Å². The smallest absolute Gasteiger partial charge is 0.280 e. The van der Waals surface area contributed by atoms with Gasteiger partial charge in [-0.1, -0.05) is 0 Å². The molecule has 0 fully saturated rings. The molecule has 0 unspecified atom stereocenters. The third-order valence-corrected chi connectivity index (χ3v) is 2.78. The van der Waals surface area contributed by atoms with Crippen molar-refractivity contribution in [2.45, 2.75) is 6.43 Å². The number of nitrogens with zero attached hydrogens (tertiary/aromatic N) is 2. The average Bonchev–Trinajstić information content (AvgIpc) is 2.41. The van der Waals surface area contributed by atoms with Crippen molar-refractivity contribution in [1.29, 1.82) is 0 Å². The first-order chi connectivity index (χ1) is 9.02. The van der Waals surface area contributed by atoms with Gasteiger partial charge in [0, 0.05) is 29.8 Å². The summed E-state index contributed by atoms with van der Waals surface area (Å²) >= 11 is 6.28. The fourth-order valence-electron chi connectivity index (χ4n) is 0.973. The second kappa shape index (κ2) is 9.71. The molecule has 0 N–H and O–H groups in total. The standard InChI is InChI=1S/C6H4BrF2N.C6H4BrNO.B/c7-4-1-2-5(6(8)9)10-3-4;7-5-1-2-6(4-9)8-3-5;/h1-3,6H;1-4H;. The Hall–Kier alpha value is -1.15. The van der Waals surface area contributed by atoms with Crippen LogP contribution in [0.15, 0.2) is 45.6 Å². The molecule has 103 valence electrons. The summed E-state index contributed by atoms with van der Waals surface area (Å²) in [6.07, 6.45) is 1.17. The van der Waals surface area contributed by atoms with Gasteiger partial charge in [0.2, 0.25) is 0 Å². The second-order valence-electron chi connectivity index (χ2n) is 3.22. The van der Waals surface area contributed by atoms with E-state index in [9.17, 15) is 13.6 Å². The lowest BCUT2D eigenvalue weighted by molar-refractivity contribution is 0.111. The quantitative estimate of drug-likeness (QED) is 0.560. The Morgan fingerprint density at radius 2 is 1.55 bits per heavy atom. The lowest BCUT2D eigenvalue weighted by Gasteiger charge is -1.95. The van der Waals surface area contributed by atoms with E-state index in [1.807, 2.05) is 0 Å². The first-order valence-electron chi connectivity index (χ1n) is 4.99. The molecule has 0 spiro atoms. The summed E-state index contributed by atoms with van der Waals surface area (Å²) in [5.41, 5.74) is 0.265. The molecule has 0 saturated carbocycles. The summed E-state index contributed by atoms with van der Waals surface area (Å²) in [6.45, 7) is 0. The molecule has 2 heterocycles. The molecule has 3 nitrogen and oxygen atoms in total. The van der Waals surface area contributed by atoms with Crippen molar-refractivity contribution in [2.75, 3.05) is 0 Å². The van der Waals surface area contributed by atoms with Crippen molar-refractivity contribution in [1.82, 2.24) is 9.97 Å². The average molecular weight is 405 g/mol. The monoisotopic (exact) mass is 403 g/mol. The Bertz CT molecular complexity index is 524. The number of rotatable bonds is 2. The van der Waals surface area contributed by atoms with E-state index in [0.717, 1.165) is 4.47 Å². The molecule has 2 rings (SSSR count). The third kappa shape index (κ3) is 6.86. The number of aldehydes is 1. The van der Waals surface area contributed by atoms with Crippen molar-refractivity contribution in [3.05, 3.63) is 57.0 Å². The molecule has 0 bridgehead atoms. The predicted molar refractivity (Wildman–Crippen MR) is 80.0 cm³/mol. The maximum atomic E-state index is 11.8. The number of halogens is 4. The molecular formula is C12H8BBr2F2N2O. The number of aromatic nitrogens is 2. The maximum Gasteiger partial charge on any atom is 0.280 e. The van der Waals surface area contributed by atoms with Crippen LogP contribution in [0.1, 0.15) is 22.6 Å². The number of carbonyl (C=O) groups excluding carboxylic acids is 1. The normalized spacial score (nSPS) is 9.25. The lowest BCUT2D eigenvalue weighted by Crippen LogP contribution is -1.87. The number of carbonyl (C=O) groups is 1. The molecule has 0 aliphatic heterocycles. The Morgan fingerprint density at radius 3 is 1.90 bits per heavy atom. The highest BCUT2D eigenvalue weighted by Gasteiger charge is 2.06. The van der Waals surface area contributed by atoms with Crippen LogP contribution < -0.4 is 0 Å². The van der Waals surface area contributed by atoms with Gasteiger partial charge in [-0.2, -0.15) is 0 Å². The van der Waals surface area contributed by atoms with Gasteiger partial charge in [0.05, 0.1) is 0 Å². The zero-order valence-electron chi connectivity index (χ0n) is 10.0. The first-order valence-corrected chi connectivity index (χ1v) is 6.58. The first kappa shape index (κ1) is 18.9. The molecule has 0 saturated heterocycles. The van der Waals surface area contributed by atoms with Gasteiger partial charge in [0.1, 0.15) is 11.4 Å². The Balaban J connectivity index is 0.000000345. The van der Waals surface area contributed by atoms with Gasteiger partial charge in [-0.05, 0) is 56.1 Å². The highest BCUT2D eigenvalue weighted by Crippen LogP contribution is 2.17. The molecule has 2 aromatic rings.